The Morgan fingerprint density at radius 2 is 1.64 bits per heavy atom. The van der Waals surface area contributed by atoms with Gasteiger partial charge in [-0.25, -0.2) is 0 Å². The molecule has 2 amide bonds. The van der Waals surface area contributed by atoms with Crippen molar-refractivity contribution in [1.29, 1.82) is 0 Å². The Bertz CT molecular complexity index is 717. The third-order valence-electron chi connectivity index (χ3n) is 4.65. The molecule has 0 bridgehead atoms. The van der Waals surface area contributed by atoms with Crippen LogP contribution in [0.5, 0.6) is 0 Å². The summed E-state index contributed by atoms with van der Waals surface area (Å²) in [7, 11) is 0. The number of hydrogen-bond acceptors (Lipinski definition) is 2. The second-order valence-electron chi connectivity index (χ2n) is 6.66. The molecular formula is C21H24N2O2. The smallest absolute Gasteiger partial charge is 0.253 e. The van der Waals surface area contributed by atoms with E-state index in [0.29, 0.717) is 19.5 Å². The molecule has 1 heterocycles. The highest BCUT2D eigenvalue weighted by molar-refractivity contribution is 5.94. The normalized spacial score (nSPS) is 15.0. The molecule has 0 aromatic heterocycles. The zero-order valence-corrected chi connectivity index (χ0v) is 14.6. The Labute approximate surface area is 148 Å². The number of carbonyl (C=O) groups excluding carboxylic acids is 2. The number of amides is 2. The van der Waals surface area contributed by atoms with E-state index in [1.165, 1.54) is 5.56 Å². The van der Waals surface area contributed by atoms with Gasteiger partial charge in [0.1, 0.15) is 0 Å². The number of nitrogens with one attached hydrogen (secondary N) is 1. The Morgan fingerprint density at radius 1 is 1.00 bits per heavy atom. The second-order valence-corrected chi connectivity index (χ2v) is 6.66. The Hall–Kier alpha value is -2.62. The van der Waals surface area contributed by atoms with Crippen LogP contribution >= 0.6 is 0 Å². The molecule has 1 fully saturated rings. The summed E-state index contributed by atoms with van der Waals surface area (Å²) >= 11 is 0. The molecule has 1 N–H and O–H groups in total. The van der Waals surface area contributed by atoms with Crippen LogP contribution in [0.1, 0.15) is 34.3 Å². The van der Waals surface area contributed by atoms with Crippen molar-refractivity contribution < 1.29 is 9.59 Å². The first-order chi connectivity index (χ1) is 12.1. The first kappa shape index (κ1) is 17.2. The van der Waals surface area contributed by atoms with Gasteiger partial charge in [-0.15, -0.1) is 0 Å². The highest BCUT2D eigenvalue weighted by atomic mass is 16.2. The molecule has 4 nitrogen and oxygen atoms in total. The van der Waals surface area contributed by atoms with Gasteiger partial charge in [-0.2, -0.15) is 0 Å². The molecule has 1 saturated heterocycles. The number of hydrogen-bond donors (Lipinski definition) is 1. The Balaban J connectivity index is 1.46. The van der Waals surface area contributed by atoms with Gasteiger partial charge in [-0.3, -0.25) is 9.59 Å². The van der Waals surface area contributed by atoms with Gasteiger partial charge in [-0.1, -0.05) is 48.0 Å². The lowest BCUT2D eigenvalue weighted by atomic mass is 10.0. The fraction of sp³-hybridized carbons (Fsp3) is 0.333. The van der Waals surface area contributed by atoms with Crippen molar-refractivity contribution in [3.05, 3.63) is 71.3 Å². The summed E-state index contributed by atoms with van der Waals surface area (Å²) in [5.74, 6) is 0.127. The third-order valence-corrected chi connectivity index (χ3v) is 4.65. The summed E-state index contributed by atoms with van der Waals surface area (Å²) in [6.07, 6.45) is 2.01. The van der Waals surface area contributed by atoms with Crippen LogP contribution in [-0.2, 0) is 11.2 Å². The van der Waals surface area contributed by atoms with Crippen molar-refractivity contribution in [3.63, 3.8) is 0 Å². The molecular weight excluding hydrogens is 312 g/mol. The fourth-order valence-corrected chi connectivity index (χ4v) is 3.16. The molecule has 0 spiro atoms. The zero-order valence-electron chi connectivity index (χ0n) is 14.6. The number of nitrogens with zero attached hydrogens (tertiary/aromatic N) is 1. The second kappa shape index (κ2) is 7.97. The van der Waals surface area contributed by atoms with E-state index in [4.69, 9.17) is 0 Å². The first-order valence-electron chi connectivity index (χ1n) is 8.81. The summed E-state index contributed by atoms with van der Waals surface area (Å²) in [5, 5.41) is 3.10. The number of benzene rings is 2. The van der Waals surface area contributed by atoms with Gasteiger partial charge >= 0.3 is 0 Å². The van der Waals surface area contributed by atoms with E-state index >= 15 is 0 Å². The molecule has 4 heteroatoms. The third kappa shape index (κ3) is 4.69. The Kier molecular flexibility index (Phi) is 5.49. The number of piperidine rings is 1. The van der Waals surface area contributed by atoms with Gasteiger partial charge in [-0.05, 0) is 37.5 Å². The van der Waals surface area contributed by atoms with E-state index in [1.54, 1.807) is 0 Å². The molecule has 2 aromatic rings. The summed E-state index contributed by atoms with van der Waals surface area (Å²) in [5.41, 5.74) is 2.95. The number of rotatable bonds is 4. The van der Waals surface area contributed by atoms with Crippen molar-refractivity contribution in [3.8, 4) is 0 Å². The molecule has 0 radical (unpaired) electrons. The highest BCUT2D eigenvalue weighted by Crippen LogP contribution is 2.14. The average molecular weight is 336 g/mol. The van der Waals surface area contributed by atoms with Gasteiger partial charge < -0.3 is 10.2 Å². The van der Waals surface area contributed by atoms with Gasteiger partial charge in [0.15, 0.2) is 0 Å². The zero-order chi connectivity index (χ0) is 17.6. The lowest BCUT2D eigenvalue weighted by Gasteiger charge is -2.32. The molecule has 1 aliphatic rings. The number of likely N-dealkylation sites (tertiary alicyclic amines) is 1. The fourth-order valence-electron chi connectivity index (χ4n) is 3.16. The van der Waals surface area contributed by atoms with Gasteiger partial charge in [0.05, 0.1) is 6.42 Å². The maximum atomic E-state index is 12.4. The number of carbonyl (C=O) groups is 2. The largest absolute Gasteiger partial charge is 0.353 e. The SMILES string of the molecule is Cc1ccc(CC(=O)NC2CCN(C(=O)c3ccccc3)CC2)cc1. The summed E-state index contributed by atoms with van der Waals surface area (Å²) < 4.78 is 0. The van der Waals surface area contributed by atoms with Crippen LogP contribution in [0.2, 0.25) is 0 Å². The maximum absolute atomic E-state index is 12.4. The summed E-state index contributed by atoms with van der Waals surface area (Å²) in [4.78, 5) is 26.5. The molecule has 0 atom stereocenters. The topological polar surface area (TPSA) is 49.4 Å². The van der Waals surface area contributed by atoms with Crippen molar-refractivity contribution in [2.45, 2.75) is 32.2 Å². The van der Waals surface area contributed by atoms with Crippen LogP contribution in [0.4, 0.5) is 0 Å². The molecule has 3 rings (SSSR count). The van der Waals surface area contributed by atoms with E-state index in [9.17, 15) is 9.59 Å². The molecule has 1 aliphatic heterocycles. The number of aryl methyl sites for hydroxylation is 1. The molecule has 130 valence electrons. The minimum absolute atomic E-state index is 0.0525. The minimum atomic E-state index is 0.0525. The van der Waals surface area contributed by atoms with Crippen molar-refractivity contribution in [2.24, 2.45) is 0 Å². The summed E-state index contributed by atoms with van der Waals surface area (Å²) in [6, 6.07) is 17.6. The van der Waals surface area contributed by atoms with Crippen LogP contribution < -0.4 is 5.32 Å². The lowest BCUT2D eigenvalue weighted by molar-refractivity contribution is -0.121. The molecule has 25 heavy (non-hydrogen) atoms. The van der Waals surface area contributed by atoms with E-state index in [-0.39, 0.29) is 17.9 Å². The van der Waals surface area contributed by atoms with Crippen LogP contribution in [0.3, 0.4) is 0 Å². The maximum Gasteiger partial charge on any atom is 0.253 e. The van der Waals surface area contributed by atoms with Crippen LogP contribution in [-0.4, -0.2) is 35.8 Å². The van der Waals surface area contributed by atoms with Crippen LogP contribution in [0, 0.1) is 6.92 Å². The van der Waals surface area contributed by atoms with Crippen molar-refractivity contribution in [1.82, 2.24) is 10.2 Å². The standard InChI is InChI=1S/C21H24N2O2/c1-16-7-9-17(10-8-16)15-20(24)22-19-11-13-23(14-12-19)21(25)18-5-3-2-4-6-18/h2-10,19H,11-15H2,1H3,(H,22,24). The van der Waals surface area contributed by atoms with E-state index in [0.717, 1.165) is 24.0 Å². The summed E-state index contributed by atoms with van der Waals surface area (Å²) in [6.45, 7) is 3.40. The molecule has 0 saturated carbocycles. The van der Waals surface area contributed by atoms with E-state index in [2.05, 4.69) is 5.32 Å². The average Bonchev–Trinajstić information content (AvgIpc) is 2.64. The van der Waals surface area contributed by atoms with Crippen molar-refractivity contribution in [2.75, 3.05) is 13.1 Å². The van der Waals surface area contributed by atoms with Crippen LogP contribution in [0.25, 0.3) is 0 Å². The van der Waals surface area contributed by atoms with Crippen LogP contribution in [0.15, 0.2) is 54.6 Å². The van der Waals surface area contributed by atoms with Gasteiger partial charge in [0.2, 0.25) is 5.91 Å². The lowest BCUT2D eigenvalue weighted by Crippen LogP contribution is -2.46. The highest BCUT2D eigenvalue weighted by Gasteiger charge is 2.24. The van der Waals surface area contributed by atoms with Crippen molar-refractivity contribution >= 4 is 11.8 Å². The van der Waals surface area contributed by atoms with E-state index < -0.39 is 0 Å². The molecule has 0 unspecified atom stereocenters. The molecule has 2 aromatic carbocycles. The van der Waals surface area contributed by atoms with E-state index in [1.807, 2.05) is 66.4 Å². The Morgan fingerprint density at radius 3 is 2.28 bits per heavy atom. The predicted octanol–water partition coefficient (Wildman–Crippen LogP) is 2.96. The van der Waals surface area contributed by atoms with Gasteiger partial charge in [0, 0.05) is 24.7 Å². The van der Waals surface area contributed by atoms with Gasteiger partial charge in [0.25, 0.3) is 5.91 Å². The minimum Gasteiger partial charge on any atom is -0.353 e. The molecule has 0 aliphatic carbocycles. The monoisotopic (exact) mass is 336 g/mol. The quantitative estimate of drug-likeness (QED) is 0.933. The predicted molar refractivity (Wildman–Crippen MR) is 98.4 cm³/mol. The first-order valence-corrected chi connectivity index (χ1v) is 8.81.